The predicted molar refractivity (Wildman–Crippen MR) is 68.1 cm³/mol. The fourth-order valence-corrected chi connectivity index (χ4v) is 1.92. The van der Waals surface area contributed by atoms with E-state index in [1.165, 1.54) is 12.1 Å². The van der Waals surface area contributed by atoms with Gasteiger partial charge in [-0.1, -0.05) is 17.7 Å². The zero-order chi connectivity index (χ0) is 14.1. The molecule has 0 unspecified atom stereocenters. The molecule has 0 aliphatic rings. The molecule has 0 bridgehead atoms. The Kier molecular flexibility index (Phi) is 6.96. The topological polar surface area (TPSA) is 71.1 Å². The Bertz CT molecular complexity index is 454. The summed E-state index contributed by atoms with van der Waals surface area (Å²) in [6.07, 6.45) is 0. The van der Waals surface area contributed by atoms with Gasteiger partial charge >= 0.3 is 10.1 Å². The van der Waals surface area contributed by atoms with Crippen molar-refractivity contribution >= 4 is 10.1 Å². The van der Waals surface area contributed by atoms with Crippen molar-refractivity contribution in [2.24, 2.45) is 0 Å². The van der Waals surface area contributed by atoms with Crippen LogP contribution in [0.15, 0.2) is 29.2 Å². The third-order valence-corrected chi connectivity index (χ3v) is 3.32. The van der Waals surface area contributed by atoms with Crippen LogP contribution >= 0.6 is 0 Å². The molecule has 0 radical (unpaired) electrons. The van der Waals surface area contributed by atoms with Gasteiger partial charge in [-0.2, -0.15) is 8.42 Å². The fourth-order valence-electron chi connectivity index (χ4n) is 1.18. The van der Waals surface area contributed by atoms with Crippen LogP contribution in [0, 0.1) is 6.92 Å². The normalized spacial score (nSPS) is 11.7. The number of hydrogen-bond donors (Lipinski definition) is 0. The number of aryl methyl sites for hydroxylation is 1. The van der Waals surface area contributed by atoms with Gasteiger partial charge in [0.25, 0.3) is 0 Å². The molecule has 1 aromatic rings. The summed E-state index contributed by atoms with van der Waals surface area (Å²) in [5, 5.41) is 0. The minimum absolute atomic E-state index is 0.0226. The lowest BCUT2D eigenvalue weighted by Gasteiger charge is -2.06. The Morgan fingerprint density at radius 1 is 1.00 bits per heavy atom. The predicted octanol–water partition coefficient (Wildman–Crippen LogP) is 1.29. The maximum Gasteiger partial charge on any atom is 0.323 e. The Morgan fingerprint density at radius 3 is 2.26 bits per heavy atom. The van der Waals surface area contributed by atoms with Crippen LogP contribution < -0.4 is 0 Å². The first-order valence-corrected chi connectivity index (χ1v) is 7.16. The van der Waals surface area contributed by atoms with Crippen molar-refractivity contribution in [1.29, 1.82) is 0 Å². The second-order valence-corrected chi connectivity index (χ2v) is 5.28. The average Bonchev–Trinajstić information content (AvgIpc) is 2.38. The third-order valence-electron chi connectivity index (χ3n) is 2.19. The number of rotatable bonds is 9. The quantitative estimate of drug-likeness (QED) is 0.388. The van der Waals surface area contributed by atoms with E-state index in [1.54, 1.807) is 19.2 Å². The van der Waals surface area contributed by atoms with Gasteiger partial charge < -0.3 is 9.47 Å². The van der Waals surface area contributed by atoms with Gasteiger partial charge in [0, 0.05) is 7.11 Å². The Hall–Kier alpha value is -0.990. The number of hydrogen-bond acceptors (Lipinski definition) is 6. The van der Waals surface area contributed by atoms with Crippen LogP contribution in [-0.4, -0.2) is 42.0 Å². The van der Waals surface area contributed by atoms with Gasteiger partial charge in [-0.15, -0.1) is 4.33 Å². The molecule has 0 N–H and O–H groups in total. The van der Waals surface area contributed by atoms with Crippen molar-refractivity contribution in [3.8, 4) is 0 Å². The second kappa shape index (κ2) is 8.23. The molecule has 0 spiro atoms. The smallest absolute Gasteiger partial charge is 0.323 e. The van der Waals surface area contributed by atoms with Gasteiger partial charge in [0.2, 0.25) is 0 Å². The van der Waals surface area contributed by atoms with E-state index in [-0.39, 0.29) is 18.1 Å². The molecular weight excluding hydrogens is 272 g/mol. The first kappa shape index (κ1) is 16.1. The molecular formula is C12H18O6S. The molecule has 0 heterocycles. The van der Waals surface area contributed by atoms with Crippen LogP contribution in [0.5, 0.6) is 0 Å². The Labute approximate surface area is 113 Å². The van der Waals surface area contributed by atoms with Crippen molar-refractivity contribution in [1.82, 2.24) is 0 Å². The molecule has 0 aliphatic carbocycles. The van der Waals surface area contributed by atoms with Crippen LogP contribution in [0.4, 0.5) is 0 Å². The highest BCUT2D eigenvalue weighted by molar-refractivity contribution is 7.86. The standard InChI is InChI=1S/C12H18O6S/c1-11-3-5-12(6-4-11)19(13,14)18-17-10-9-16-8-7-15-2/h3-6H,7-10H2,1-2H3. The van der Waals surface area contributed by atoms with E-state index in [4.69, 9.17) is 9.47 Å². The van der Waals surface area contributed by atoms with Crippen LogP contribution in [0.3, 0.4) is 0 Å². The summed E-state index contributed by atoms with van der Waals surface area (Å²) < 4.78 is 37.6. The van der Waals surface area contributed by atoms with Gasteiger partial charge in [-0.3, -0.25) is 0 Å². The van der Waals surface area contributed by atoms with Gasteiger partial charge in [0.1, 0.15) is 6.61 Å². The van der Waals surface area contributed by atoms with Crippen molar-refractivity contribution in [2.45, 2.75) is 11.8 Å². The van der Waals surface area contributed by atoms with Crippen LogP contribution in [0.1, 0.15) is 5.56 Å². The highest BCUT2D eigenvalue weighted by atomic mass is 32.2. The summed E-state index contributed by atoms with van der Waals surface area (Å²) in [6.45, 7) is 3.01. The molecule has 1 aromatic carbocycles. The molecule has 0 saturated heterocycles. The molecule has 1 rings (SSSR count). The molecule has 0 saturated carbocycles. The minimum atomic E-state index is -3.88. The average molecular weight is 290 g/mol. The zero-order valence-electron chi connectivity index (χ0n) is 11.0. The Balaban J connectivity index is 2.29. The molecule has 6 nitrogen and oxygen atoms in total. The van der Waals surface area contributed by atoms with E-state index in [0.29, 0.717) is 13.2 Å². The molecule has 0 aromatic heterocycles. The first-order valence-electron chi connectivity index (χ1n) is 5.76. The lowest BCUT2D eigenvalue weighted by Crippen LogP contribution is -2.12. The van der Waals surface area contributed by atoms with E-state index < -0.39 is 10.1 Å². The van der Waals surface area contributed by atoms with Crippen molar-refractivity contribution in [3.05, 3.63) is 29.8 Å². The van der Waals surface area contributed by atoms with E-state index >= 15 is 0 Å². The van der Waals surface area contributed by atoms with Crippen molar-refractivity contribution in [3.63, 3.8) is 0 Å². The summed E-state index contributed by atoms with van der Waals surface area (Å²) >= 11 is 0. The molecule has 108 valence electrons. The number of ether oxygens (including phenoxy) is 2. The van der Waals surface area contributed by atoms with Crippen LogP contribution in [0.25, 0.3) is 0 Å². The fraction of sp³-hybridized carbons (Fsp3) is 0.500. The van der Waals surface area contributed by atoms with Crippen LogP contribution in [0.2, 0.25) is 0 Å². The summed E-state index contributed by atoms with van der Waals surface area (Å²) in [5.41, 5.74) is 0.964. The zero-order valence-corrected chi connectivity index (χ0v) is 11.8. The second-order valence-electron chi connectivity index (χ2n) is 3.76. The van der Waals surface area contributed by atoms with Gasteiger partial charge in [-0.25, -0.2) is 4.89 Å². The van der Waals surface area contributed by atoms with E-state index in [0.717, 1.165) is 5.56 Å². The third kappa shape index (κ3) is 6.13. The van der Waals surface area contributed by atoms with Gasteiger partial charge in [-0.05, 0) is 19.1 Å². The molecule has 19 heavy (non-hydrogen) atoms. The Morgan fingerprint density at radius 2 is 1.63 bits per heavy atom. The lowest BCUT2D eigenvalue weighted by molar-refractivity contribution is -0.210. The molecule has 7 heteroatoms. The highest BCUT2D eigenvalue weighted by Crippen LogP contribution is 2.13. The van der Waals surface area contributed by atoms with Crippen LogP contribution in [-0.2, 0) is 28.8 Å². The minimum Gasteiger partial charge on any atom is -0.382 e. The number of methoxy groups -OCH3 is 1. The summed E-state index contributed by atoms with van der Waals surface area (Å²) in [4.78, 5) is 4.66. The molecule has 0 fully saturated rings. The highest BCUT2D eigenvalue weighted by Gasteiger charge is 2.15. The summed E-state index contributed by atoms with van der Waals surface area (Å²) in [5.74, 6) is 0. The van der Waals surface area contributed by atoms with E-state index in [1.807, 2.05) is 6.92 Å². The van der Waals surface area contributed by atoms with Gasteiger partial charge in [0.15, 0.2) is 0 Å². The largest absolute Gasteiger partial charge is 0.382 e. The first-order chi connectivity index (χ1) is 9.06. The maximum absolute atomic E-state index is 11.7. The summed E-state index contributed by atoms with van der Waals surface area (Å²) in [6, 6.07) is 6.29. The number of benzene rings is 1. The lowest BCUT2D eigenvalue weighted by atomic mass is 10.2. The SMILES string of the molecule is COCCOCCOOS(=O)(=O)c1ccc(C)cc1. The molecule has 0 aliphatic heterocycles. The summed E-state index contributed by atoms with van der Waals surface area (Å²) in [7, 11) is -2.31. The monoisotopic (exact) mass is 290 g/mol. The molecule has 0 amide bonds. The maximum atomic E-state index is 11.7. The molecule has 0 atom stereocenters. The van der Waals surface area contributed by atoms with E-state index in [2.05, 4.69) is 9.22 Å². The van der Waals surface area contributed by atoms with Gasteiger partial charge in [0.05, 0.1) is 24.7 Å². The van der Waals surface area contributed by atoms with Crippen molar-refractivity contribution in [2.75, 3.05) is 33.5 Å². The van der Waals surface area contributed by atoms with E-state index in [9.17, 15) is 8.42 Å². The van der Waals surface area contributed by atoms with Crippen molar-refractivity contribution < 1.29 is 27.1 Å².